The number of benzene rings is 3. The van der Waals surface area contributed by atoms with Gasteiger partial charge in [-0.2, -0.15) is 0 Å². The Balaban J connectivity index is 1.54. The number of anilines is 2. The Labute approximate surface area is 185 Å². The number of nitrogens with one attached hydrogen (secondary N) is 2. The van der Waals surface area contributed by atoms with Crippen molar-refractivity contribution in [1.82, 2.24) is 0 Å². The molecule has 162 valence electrons. The number of hydrogen-bond donors (Lipinski definition) is 2. The maximum Gasteiger partial charge on any atom is 0.262 e. The van der Waals surface area contributed by atoms with E-state index in [4.69, 9.17) is 16.3 Å². The lowest BCUT2D eigenvalue weighted by Crippen LogP contribution is -2.15. The standard InChI is InChI=1S/C22H20ClFN2O4S/c23-20-10-1-2-11-21(20)26-31(28,29)19-9-4-7-17(15-19)25-22(27)12-5-13-30-18-8-3-6-16(24)14-18/h1-4,6-11,14-15,26H,5,12-13H2,(H,25,27). The smallest absolute Gasteiger partial charge is 0.262 e. The largest absolute Gasteiger partial charge is 0.493 e. The maximum atomic E-state index is 13.1. The quantitative estimate of drug-likeness (QED) is 0.434. The Bertz CT molecular complexity index is 1170. The van der Waals surface area contributed by atoms with Crippen molar-refractivity contribution < 1.29 is 22.3 Å². The molecule has 0 bridgehead atoms. The highest BCUT2D eigenvalue weighted by molar-refractivity contribution is 7.92. The average Bonchev–Trinajstić information content (AvgIpc) is 2.73. The van der Waals surface area contributed by atoms with Gasteiger partial charge in [-0.25, -0.2) is 12.8 Å². The highest BCUT2D eigenvalue weighted by atomic mass is 35.5. The van der Waals surface area contributed by atoms with Crippen molar-refractivity contribution in [3.8, 4) is 5.75 Å². The highest BCUT2D eigenvalue weighted by Crippen LogP contribution is 2.25. The molecule has 0 unspecified atom stereocenters. The van der Waals surface area contributed by atoms with Crippen LogP contribution in [-0.2, 0) is 14.8 Å². The molecule has 3 rings (SSSR count). The summed E-state index contributed by atoms with van der Waals surface area (Å²) < 4.78 is 46.2. The van der Waals surface area contributed by atoms with Crippen LogP contribution in [0.2, 0.25) is 5.02 Å². The van der Waals surface area contributed by atoms with Gasteiger partial charge in [0, 0.05) is 18.2 Å². The summed E-state index contributed by atoms with van der Waals surface area (Å²) in [5.74, 6) is -0.296. The lowest BCUT2D eigenvalue weighted by atomic mass is 10.2. The van der Waals surface area contributed by atoms with E-state index in [-0.39, 0.29) is 34.5 Å². The molecule has 0 aliphatic heterocycles. The fourth-order valence-electron chi connectivity index (χ4n) is 2.69. The predicted molar refractivity (Wildman–Crippen MR) is 118 cm³/mol. The second-order valence-electron chi connectivity index (χ2n) is 6.57. The summed E-state index contributed by atoms with van der Waals surface area (Å²) in [7, 11) is -3.89. The number of ether oxygens (including phenoxy) is 1. The number of sulfonamides is 1. The van der Waals surface area contributed by atoms with Crippen molar-refractivity contribution in [1.29, 1.82) is 0 Å². The molecule has 0 aliphatic carbocycles. The number of para-hydroxylation sites is 1. The molecule has 9 heteroatoms. The van der Waals surface area contributed by atoms with E-state index in [0.717, 1.165) is 0 Å². The number of amides is 1. The minimum Gasteiger partial charge on any atom is -0.493 e. The summed E-state index contributed by atoms with van der Waals surface area (Å²) in [6, 6.07) is 18.1. The summed E-state index contributed by atoms with van der Waals surface area (Å²) in [5, 5.41) is 2.94. The van der Waals surface area contributed by atoms with Crippen molar-refractivity contribution in [3.05, 3.63) is 83.6 Å². The normalized spacial score (nSPS) is 11.0. The summed E-state index contributed by atoms with van der Waals surface area (Å²) >= 11 is 6.01. The van der Waals surface area contributed by atoms with Crippen molar-refractivity contribution in [3.63, 3.8) is 0 Å². The summed E-state index contributed by atoms with van der Waals surface area (Å²) in [6.07, 6.45) is 0.568. The zero-order chi connectivity index (χ0) is 22.3. The third-order valence-electron chi connectivity index (χ3n) is 4.16. The van der Waals surface area contributed by atoms with Gasteiger partial charge in [-0.15, -0.1) is 0 Å². The Morgan fingerprint density at radius 3 is 2.55 bits per heavy atom. The third-order valence-corrected chi connectivity index (χ3v) is 5.85. The first-order valence-electron chi connectivity index (χ1n) is 9.39. The molecule has 0 heterocycles. The Kier molecular flexibility index (Phi) is 7.49. The van der Waals surface area contributed by atoms with Crippen LogP contribution >= 0.6 is 11.6 Å². The zero-order valence-electron chi connectivity index (χ0n) is 16.3. The van der Waals surface area contributed by atoms with Gasteiger partial charge >= 0.3 is 0 Å². The molecule has 0 fully saturated rings. The van der Waals surface area contributed by atoms with Gasteiger partial charge in [-0.1, -0.05) is 35.9 Å². The molecule has 0 aromatic heterocycles. The van der Waals surface area contributed by atoms with Gasteiger partial charge in [-0.3, -0.25) is 9.52 Å². The maximum absolute atomic E-state index is 13.1. The molecular weight excluding hydrogens is 443 g/mol. The minimum absolute atomic E-state index is 0.0142. The predicted octanol–water partition coefficient (Wildman–Crippen LogP) is 5.08. The van der Waals surface area contributed by atoms with Gasteiger partial charge < -0.3 is 10.1 Å². The molecule has 0 saturated heterocycles. The summed E-state index contributed by atoms with van der Waals surface area (Å²) in [4.78, 5) is 12.2. The first kappa shape index (κ1) is 22.6. The monoisotopic (exact) mass is 462 g/mol. The van der Waals surface area contributed by atoms with Crippen LogP contribution in [0.15, 0.2) is 77.7 Å². The van der Waals surface area contributed by atoms with Crippen LogP contribution in [-0.4, -0.2) is 20.9 Å². The fourth-order valence-corrected chi connectivity index (χ4v) is 4.06. The van der Waals surface area contributed by atoms with Gasteiger partial charge in [-0.05, 0) is 48.9 Å². The van der Waals surface area contributed by atoms with Crippen molar-refractivity contribution in [2.45, 2.75) is 17.7 Å². The van der Waals surface area contributed by atoms with E-state index in [9.17, 15) is 17.6 Å². The number of rotatable bonds is 9. The lowest BCUT2D eigenvalue weighted by Gasteiger charge is -2.11. The molecule has 0 atom stereocenters. The fraction of sp³-hybridized carbons (Fsp3) is 0.136. The Hall–Kier alpha value is -3.10. The van der Waals surface area contributed by atoms with Crippen LogP contribution in [0.25, 0.3) is 0 Å². The van der Waals surface area contributed by atoms with Gasteiger partial charge in [0.25, 0.3) is 10.0 Å². The van der Waals surface area contributed by atoms with Crippen LogP contribution < -0.4 is 14.8 Å². The molecule has 3 aromatic carbocycles. The van der Waals surface area contributed by atoms with E-state index >= 15 is 0 Å². The Morgan fingerprint density at radius 2 is 1.77 bits per heavy atom. The topological polar surface area (TPSA) is 84.5 Å². The second-order valence-corrected chi connectivity index (χ2v) is 8.66. The van der Waals surface area contributed by atoms with Crippen LogP contribution in [0.1, 0.15) is 12.8 Å². The minimum atomic E-state index is -3.89. The van der Waals surface area contributed by atoms with Gasteiger partial charge in [0.05, 0.1) is 22.2 Å². The highest BCUT2D eigenvalue weighted by Gasteiger charge is 2.16. The number of halogens is 2. The van der Waals surface area contributed by atoms with Crippen LogP contribution in [0.3, 0.4) is 0 Å². The number of carbonyl (C=O) groups is 1. The van der Waals surface area contributed by atoms with Crippen molar-refractivity contribution in [2.24, 2.45) is 0 Å². The van der Waals surface area contributed by atoms with E-state index < -0.39 is 15.8 Å². The molecule has 0 radical (unpaired) electrons. The second kappa shape index (κ2) is 10.3. The van der Waals surface area contributed by atoms with Crippen LogP contribution in [0.4, 0.5) is 15.8 Å². The lowest BCUT2D eigenvalue weighted by molar-refractivity contribution is -0.116. The van der Waals surface area contributed by atoms with Gasteiger partial charge in [0.1, 0.15) is 11.6 Å². The van der Waals surface area contributed by atoms with Gasteiger partial charge in [0.2, 0.25) is 5.91 Å². The molecule has 3 aromatic rings. The molecule has 1 amide bonds. The Morgan fingerprint density at radius 1 is 1.00 bits per heavy atom. The van der Waals surface area contributed by atoms with E-state index in [1.165, 1.54) is 30.3 Å². The SMILES string of the molecule is O=C(CCCOc1cccc(F)c1)Nc1cccc(S(=O)(=O)Nc2ccccc2Cl)c1. The van der Waals surface area contributed by atoms with E-state index in [1.807, 2.05) is 0 Å². The summed E-state index contributed by atoms with van der Waals surface area (Å²) in [6.45, 7) is 0.243. The van der Waals surface area contributed by atoms with Crippen LogP contribution in [0.5, 0.6) is 5.75 Å². The molecule has 31 heavy (non-hydrogen) atoms. The average molecular weight is 463 g/mol. The van der Waals surface area contributed by atoms with Gasteiger partial charge in [0.15, 0.2) is 0 Å². The third kappa shape index (κ3) is 6.70. The number of hydrogen-bond acceptors (Lipinski definition) is 4. The zero-order valence-corrected chi connectivity index (χ0v) is 17.9. The first-order chi connectivity index (χ1) is 14.8. The molecule has 0 spiro atoms. The molecule has 0 aliphatic rings. The van der Waals surface area contributed by atoms with E-state index in [0.29, 0.717) is 17.9 Å². The van der Waals surface area contributed by atoms with E-state index in [2.05, 4.69) is 10.0 Å². The van der Waals surface area contributed by atoms with Crippen molar-refractivity contribution >= 4 is 38.9 Å². The molecule has 6 nitrogen and oxygen atoms in total. The first-order valence-corrected chi connectivity index (χ1v) is 11.3. The van der Waals surface area contributed by atoms with E-state index in [1.54, 1.807) is 42.5 Å². The molecule has 2 N–H and O–H groups in total. The molecule has 0 saturated carbocycles. The summed E-state index contributed by atoms with van der Waals surface area (Å²) in [5.41, 5.74) is 0.606. The van der Waals surface area contributed by atoms with Crippen LogP contribution in [0, 0.1) is 5.82 Å². The van der Waals surface area contributed by atoms with Crippen molar-refractivity contribution in [2.75, 3.05) is 16.6 Å². The molecular formula is C22H20ClFN2O4S. The number of carbonyl (C=O) groups excluding carboxylic acids is 1.